The number of pyridine rings is 2. The fraction of sp³-hybridized carbons (Fsp3) is 0.263. The van der Waals surface area contributed by atoms with Gasteiger partial charge in [0.05, 0.1) is 0 Å². The van der Waals surface area contributed by atoms with Crippen LogP contribution >= 0.6 is 0 Å². The summed E-state index contributed by atoms with van der Waals surface area (Å²) in [5.41, 5.74) is 1.98. The third-order valence-corrected chi connectivity index (χ3v) is 2.48. The first-order valence-corrected chi connectivity index (χ1v) is 7.08. The van der Waals surface area contributed by atoms with Crippen molar-refractivity contribution in [3.05, 3.63) is 60.2 Å². The molecule has 0 aromatic carbocycles. The van der Waals surface area contributed by atoms with Gasteiger partial charge in [-0.3, -0.25) is 9.97 Å². The van der Waals surface area contributed by atoms with E-state index < -0.39 is 0 Å². The van der Waals surface area contributed by atoms with Crippen molar-refractivity contribution in [2.24, 2.45) is 0 Å². The molecule has 0 spiro atoms. The van der Waals surface area contributed by atoms with Crippen LogP contribution in [-0.2, 0) is 0 Å². The number of rotatable bonds is 2. The molecule has 2 rings (SSSR count). The highest BCUT2D eigenvalue weighted by Gasteiger charge is 1.82. The predicted molar refractivity (Wildman–Crippen MR) is 87.4 cm³/mol. The van der Waals surface area contributed by atoms with Crippen LogP contribution in [0.1, 0.15) is 44.2 Å². The van der Waals surface area contributed by atoms with Gasteiger partial charge in [0.15, 0.2) is 0 Å². The summed E-state index contributed by atoms with van der Waals surface area (Å²) in [7, 11) is 0. The number of unbranched alkanes of at least 4 members (excludes halogenated alkanes) is 2. The molecule has 2 heterocycles. The maximum Gasteiger partial charge on any atom is 0.0428 e. The summed E-state index contributed by atoms with van der Waals surface area (Å²) in [6, 6.07) is 7.69. The average molecular weight is 276 g/mol. The number of hydrogen-bond donors (Lipinski definition) is 0. The molecule has 106 valence electrons. The second-order valence-corrected chi connectivity index (χ2v) is 4.26. The van der Waals surface area contributed by atoms with Gasteiger partial charge in [-0.2, -0.15) is 0 Å². The highest BCUT2D eigenvalue weighted by atomic mass is 14.6. The Morgan fingerprint density at radius 1 is 0.952 bits per heavy atom. The van der Waals surface area contributed by atoms with Gasteiger partial charge in [0, 0.05) is 42.3 Å². The molecule has 2 heteroatoms. The lowest BCUT2D eigenvalue weighted by Gasteiger charge is -1.86. The molecule has 0 atom stereocenters. The summed E-state index contributed by atoms with van der Waals surface area (Å²) in [6.07, 6.45) is 10.4. The molecule has 0 aliphatic rings. The van der Waals surface area contributed by atoms with Crippen LogP contribution in [-0.4, -0.2) is 9.97 Å². The average Bonchev–Trinajstić information content (AvgIpc) is 2.55. The highest BCUT2D eigenvalue weighted by Crippen LogP contribution is 1.94. The van der Waals surface area contributed by atoms with Crippen molar-refractivity contribution in [3.8, 4) is 23.7 Å². The van der Waals surface area contributed by atoms with Crippen LogP contribution in [0.5, 0.6) is 0 Å². The van der Waals surface area contributed by atoms with E-state index in [-0.39, 0.29) is 0 Å². The number of aromatic nitrogens is 2. The first kappa shape index (κ1) is 16.5. The van der Waals surface area contributed by atoms with E-state index in [0.717, 1.165) is 17.5 Å². The molecule has 0 aliphatic heterocycles. The van der Waals surface area contributed by atoms with Crippen LogP contribution in [0.15, 0.2) is 49.1 Å². The predicted octanol–water partition coefficient (Wildman–Crippen LogP) is 4.08. The molecule has 0 aliphatic carbocycles. The quantitative estimate of drug-likeness (QED) is 0.610. The topological polar surface area (TPSA) is 25.8 Å². The molecule has 0 unspecified atom stereocenters. The molecule has 0 fully saturated rings. The van der Waals surface area contributed by atoms with Gasteiger partial charge in [-0.05, 0) is 37.6 Å². The van der Waals surface area contributed by atoms with E-state index in [2.05, 4.69) is 40.6 Å². The van der Waals surface area contributed by atoms with E-state index in [1.165, 1.54) is 12.8 Å². The molecule has 0 saturated heterocycles. The molecular formula is C19H20N2. The van der Waals surface area contributed by atoms with Crippen molar-refractivity contribution in [1.82, 2.24) is 9.97 Å². The van der Waals surface area contributed by atoms with Crippen molar-refractivity contribution in [1.29, 1.82) is 0 Å². The van der Waals surface area contributed by atoms with Gasteiger partial charge < -0.3 is 0 Å². The lowest BCUT2D eigenvalue weighted by atomic mass is 10.2. The Morgan fingerprint density at radius 3 is 2.05 bits per heavy atom. The second-order valence-electron chi connectivity index (χ2n) is 4.26. The highest BCUT2D eigenvalue weighted by molar-refractivity contribution is 5.31. The summed E-state index contributed by atoms with van der Waals surface area (Å²) in [6.45, 7) is 3.98. The minimum Gasteiger partial charge on any atom is -0.263 e. The standard InChI is InChI=1S/C11H13N.C8H7N/c1-2-3-4-5-7-11-8-6-9-12-10-11;1-2-4-8-5-3-6-9-7-8/h6,8-10H,2-4H2,1H3;3,5-7H,1H3. The van der Waals surface area contributed by atoms with Crippen LogP contribution in [0.3, 0.4) is 0 Å². The third kappa shape index (κ3) is 8.24. The summed E-state index contributed by atoms with van der Waals surface area (Å²) in [4.78, 5) is 7.88. The van der Waals surface area contributed by atoms with Crippen molar-refractivity contribution < 1.29 is 0 Å². The molecule has 0 radical (unpaired) electrons. The van der Waals surface area contributed by atoms with Gasteiger partial charge in [0.2, 0.25) is 0 Å². The van der Waals surface area contributed by atoms with Crippen molar-refractivity contribution in [2.75, 3.05) is 0 Å². The fourth-order valence-electron chi connectivity index (χ4n) is 1.45. The number of hydrogen-bond acceptors (Lipinski definition) is 2. The molecule has 2 aromatic heterocycles. The lowest BCUT2D eigenvalue weighted by molar-refractivity contribution is 0.828. The van der Waals surface area contributed by atoms with Gasteiger partial charge in [0.1, 0.15) is 0 Å². The zero-order valence-electron chi connectivity index (χ0n) is 12.6. The van der Waals surface area contributed by atoms with E-state index in [1.54, 1.807) is 24.8 Å². The Bertz CT molecular complexity index is 611. The van der Waals surface area contributed by atoms with E-state index in [1.807, 2.05) is 31.2 Å². The van der Waals surface area contributed by atoms with E-state index in [4.69, 9.17) is 0 Å². The molecule has 0 N–H and O–H groups in total. The molecule has 21 heavy (non-hydrogen) atoms. The Labute approximate surface area is 127 Å². The minimum absolute atomic E-state index is 0.972. The molecule has 2 aromatic rings. The second kappa shape index (κ2) is 11.3. The molecule has 2 nitrogen and oxygen atoms in total. The Hall–Kier alpha value is -2.58. The van der Waals surface area contributed by atoms with Crippen LogP contribution in [0.4, 0.5) is 0 Å². The SMILES string of the molecule is CC#Cc1cccnc1.CCCCC#Cc1cccnc1. The van der Waals surface area contributed by atoms with Crippen LogP contribution in [0, 0.1) is 23.7 Å². The monoisotopic (exact) mass is 276 g/mol. The summed E-state index contributed by atoms with van der Waals surface area (Å²) < 4.78 is 0. The zero-order valence-corrected chi connectivity index (χ0v) is 12.6. The van der Waals surface area contributed by atoms with Crippen LogP contribution in [0.25, 0.3) is 0 Å². The van der Waals surface area contributed by atoms with Crippen LogP contribution < -0.4 is 0 Å². The van der Waals surface area contributed by atoms with Gasteiger partial charge in [-0.25, -0.2) is 0 Å². The molecule has 0 amide bonds. The van der Waals surface area contributed by atoms with Gasteiger partial charge >= 0.3 is 0 Å². The third-order valence-electron chi connectivity index (χ3n) is 2.48. The van der Waals surface area contributed by atoms with Crippen LogP contribution in [0.2, 0.25) is 0 Å². The molecular weight excluding hydrogens is 256 g/mol. The largest absolute Gasteiger partial charge is 0.263 e. The van der Waals surface area contributed by atoms with Crippen molar-refractivity contribution >= 4 is 0 Å². The smallest absolute Gasteiger partial charge is 0.0428 e. The van der Waals surface area contributed by atoms with E-state index >= 15 is 0 Å². The Morgan fingerprint density at radius 2 is 1.57 bits per heavy atom. The summed E-state index contributed by atoms with van der Waals surface area (Å²) in [5, 5.41) is 0. The van der Waals surface area contributed by atoms with Gasteiger partial charge in [0.25, 0.3) is 0 Å². The van der Waals surface area contributed by atoms with Gasteiger partial charge in [-0.1, -0.05) is 31.1 Å². The van der Waals surface area contributed by atoms with E-state index in [0.29, 0.717) is 0 Å². The van der Waals surface area contributed by atoms with Crippen molar-refractivity contribution in [3.63, 3.8) is 0 Å². The summed E-state index contributed by atoms with van der Waals surface area (Å²) in [5.74, 6) is 11.9. The fourth-order valence-corrected chi connectivity index (χ4v) is 1.45. The normalized spacial score (nSPS) is 8.29. The molecule has 0 bridgehead atoms. The maximum absolute atomic E-state index is 3.98. The number of nitrogens with zero attached hydrogens (tertiary/aromatic N) is 2. The summed E-state index contributed by atoms with van der Waals surface area (Å²) >= 11 is 0. The maximum atomic E-state index is 3.98. The first-order chi connectivity index (χ1) is 10.4. The minimum atomic E-state index is 0.972. The molecule has 0 saturated carbocycles. The van der Waals surface area contributed by atoms with Gasteiger partial charge in [-0.15, -0.1) is 5.92 Å². The zero-order chi connectivity index (χ0) is 15.2. The lowest BCUT2D eigenvalue weighted by Crippen LogP contribution is -1.75. The first-order valence-electron chi connectivity index (χ1n) is 7.08. The van der Waals surface area contributed by atoms with E-state index in [9.17, 15) is 0 Å². The Kier molecular flexibility index (Phi) is 8.84. The van der Waals surface area contributed by atoms with Crippen molar-refractivity contribution in [2.45, 2.75) is 33.1 Å². The Balaban J connectivity index is 0.000000219.